The van der Waals surface area contributed by atoms with Gasteiger partial charge >= 0.3 is 0 Å². The van der Waals surface area contributed by atoms with E-state index >= 15 is 0 Å². The lowest BCUT2D eigenvalue weighted by atomic mass is 10.3. The number of hydrogen-bond donors (Lipinski definition) is 0. The number of aldehydes is 1. The van der Waals surface area contributed by atoms with Crippen LogP contribution in [0.25, 0.3) is 0 Å². The second kappa shape index (κ2) is 4.54. The van der Waals surface area contributed by atoms with Crippen LogP contribution in [0.4, 0.5) is 0 Å². The second-order valence-corrected chi connectivity index (χ2v) is 5.11. The molecule has 0 aromatic rings. The number of thioether (sulfide) groups is 1. The van der Waals surface area contributed by atoms with Crippen LogP contribution in [-0.2, 0) is 9.59 Å². The highest BCUT2D eigenvalue weighted by molar-refractivity contribution is 8.01. The van der Waals surface area contributed by atoms with E-state index in [0.717, 1.165) is 0 Å². The van der Waals surface area contributed by atoms with E-state index < -0.39 is 0 Å². The Hall–Kier alpha value is -0.310. The lowest BCUT2D eigenvalue weighted by Crippen LogP contribution is -2.12. The Balaban J connectivity index is 3.54. The number of Topliss-reactive ketones (excluding diaryl/α,β-unsaturated/α-hetero) is 1. The van der Waals surface area contributed by atoms with Crippen LogP contribution in [0.5, 0.6) is 0 Å². The summed E-state index contributed by atoms with van der Waals surface area (Å²) in [7, 11) is 0. The highest BCUT2D eigenvalue weighted by Gasteiger charge is 2.12. The first-order valence-corrected chi connectivity index (χ1v) is 4.53. The zero-order chi connectivity index (χ0) is 8.91. The van der Waals surface area contributed by atoms with Gasteiger partial charge in [-0.25, -0.2) is 0 Å². The maximum atomic E-state index is 10.8. The summed E-state index contributed by atoms with van der Waals surface area (Å²) in [6.45, 7) is 6.14. The van der Waals surface area contributed by atoms with Gasteiger partial charge in [0.1, 0.15) is 12.1 Å². The van der Waals surface area contributed by atoms with Gasteiger partial charge in [0.2, 0.25) is 0 Å². The van der Waals surface area contributed by atoms with Crippen LogP contribution in [0.2, 0.25) is 0 Å². The molecular weight excluding hydrogens is 160 g/mol. The first-order valence-electron chi connectivity index (χ1n) is 3.55. The molecule has 0 saturated carbocycles. The van der Waals surface area contributed by atoms with Crippen LogP contribution in [0, 0.1) is 0 Å². The molecule has 0 radical (unpaired) electrons. The molecule has 0 bridgehead atoms. The van der Waals surface area contributed by atoms with E-state index in [1.807, 2.05) is 20.8 Å². The first kappa shape index (κ1) is 10.7. The molecule has 0 rings (SSSR count). The summed E-state index contributed by atoms with van der Waals surface area (Å²) in [4.78, 5) is 20.7. The summed E-state index contributed by atoms with van der Waals surface area (Å²) >= 11 is 1.57. The van der Waals surface area contributed by atoms with Crippen LogP contribution in [0.3, 0.4) is 0 Å². The molecule has 0 aromatic heterocycles. The normalized spacial score (nSPS) is 11.2. The minimum atomic E-state index is 0.0138. The summed E-state index contributed by atoms with van der Waals surface area (Å²) in [5.74, 6) is 0.460. The Morgan fingerprint density at radius 1 is 1.45 bits per heavy atom. The fourth-order valence-electron chi connectivity index (χ4n) is 0.449. The van der Waals surface area contributed by atoms with Gasteiger partial charge in [-0.3, -0.25) is 4.79 Å². The Labute approximate surface area is 71.7 Å². The summed E-state index contributed by atoms with van der Waals surface area (Å²) in [6.07, 6.45) is 0.717. The van der Waals surface area contributed by atoms with Crippen molar-refractivity contribution in [3.05, 3.63) is 0 Å². The summed E-state index contributed by atoms with van der Waals surface area (Å²) in [5.41, 5.74) is 0. The molecule has 0 aliphatic carbocycles. The average Bonchev–Trinajstić information content (AvgIpc) is 1.83. The van der Waals surface area contributed by atoms with Crippen LogP contribution in [0.1, 0.15) is 27.2 Å². The van der Waals surface area contributed by atoms with Crippen molar-refractivity contribution < 1.29 is 9.59 Å². The van der Waals surface area contributed by atoms with Crippen molar-refractivity contribution in [2.75, 3.05) is 5.75 Å². The summed E-state index contributed by atoms with van der Waals surface area (Å²) < 4.78 is 0.110. The van der Waals surface area contributed by atoms with Gasteiger partial charge in [-0.1, -0.05) is 20.8 Å². The van der Waals surface area contributed by atoms with E-state index in [1.54, 1.807) is 11.8 Å². The molecule has 3 heteroatoms. The monoisotopic (exact) mass is 174 g/mol. The van der Waals surface area contributed by atoms with Crippen molar-refractivity contribution >= 4 is 23.8 Å². The van der Waals surface area contributed by atoms with Gasteiger partial charge in [-0.2, -0.15) is 0 Å². The third-order valence-electron chi connectivity index (χ3n) is 0.977. The van der Waals surface area contributed by atoms with Crippen molar-refractivity contribution in [2.45, 2.75) is 31.9 Å². The predicted octanol–water partition coefficient (Wildman–Crippen LogP) is 1.68. The van der Waals surface area contributed by atoms with E-state index in [0.29, 0.717) is 12.0 Å². The Morgan fingerprint density at radius 3 is 2.36 bits per heavy atom. The number of carbonyl (C=O) groups is 2. The zero-order valence-corrected chi connectivity index (χ0v) is 8.03. The number of rotatable bonds is 4. The van der Waals surface area contributed by atoms with E-state index in [4.69, 9.17) is 0 Å². The lowest BCUT2D eigenvalue weighted by Gasteiger charge is -2.16. The van der Waals surface area contributed by atoms with Crippen LogP contribution in [-0.4, -0.2) is 22.6 Å². The topological polar surface area (TPSA) is 34.1 Å². The summed E-state index contributed by atoms with van der Waals surface area (Å²) in [5, 5.41) is 0. The van der Waals surface area contributed by atoms with Crippen molar-refractivity contribution in [3.8, 4) is 0 Å². The third-order valence-corrected chi connectivity index (χ3v) is 2.31. The molecule has 0 spiro atoms. The fourth-order valence-corrected chi connectivity index (χ4v) is 1.16. The first-order chi connectivity index (χ1) is 4.95. The molecule has 0 saturated heterocycles. The zero-order valence-electron chi connectivity index (χ0n) is 7.22. The van der Waals surface area contributed by atoms with Gasteiger partial charge in [0.05, 0.1) is 12.2 Å². The molecule has 2 nitrogen and oxygen atoms in total. The highest BCUT2D eigenvalue weighted by Crippen LogP contribution is 2.22. The van der Waals surface area contributed by atoms with Gasteiger partial charge in [-0.15, -0.1) is 11.8 Å². The lowest BCUT2D eigenvalue weighted by molar-refractivity contribution is -0.120. The third kappa shape index (κ3) is 7.59. The van der Waals surface area contributed by atoms with Crippen LogP contribution in [0.15, 0.2) is 0 Å². The van der Waals surface area contributed by atoms with E-state index in [1.165, 1.54) is 0 Å². The van der Waals surface area contributed by atoms with Gasteiger partial charge in [-0.05, 0) is 0 Å². The molecule has 0 aliphatic heterocycles. The molecule has 0 aliphatic rings. The molecule has 11 heavy (non-hydrogen) atoms. The van der Waals surface area contributed by atoms with Gasteiger partial charge in [0.25, 0.3) is 0 Å². The SMILES string of the molecule is CC(C)(C)SCC(=O)CC=O. The molecule has 0 unspecified atom stereocenters. The molecular formula is C8H14O2S. The smallest absolute Gasteiger partial charge is 0.149 e. The Kier molecular flexibility index (Phi) is 4.42. The number of ketones is 1. The molecule has 0 N–H and O–H groups in total. The molecule has 0 heterocycles. The van der Waals surface area contributed by atoms with Crippen LogP contribution < -0.4 is 0 Å². The van der Waals surface area contributed by atoms with Crippen molar-refractivity contribution in [3.63, 3.8) is 0 Å². The Bertz CT molecular complexity index is 147. The van der Waals surface area contributed by atoms with Crippen LogP contribution >= 0.6 is 11.8 Å². The fraction of sp³-hybridized carbons (Fsp3) is 0.750. The van der Waals surface area contributed by atoms with Crippen molar-refractivity contribution in [2.24, 2.45) is 0 Å². The maximum Gasteiger partial charge on any atom is 0.149 e. The number of carbonyl (C=O) groups excluding carboxylic acids is 2. The van der Waals surface area contributed by atoms with Gasteiger partial charge in [0, 0.05) is 4.75 Å². The van der Waals surface area contributed by atoms with Gasteiger partial charge < -0.3 is 4.79 Å². The molecule has 0 atom stereocenters. The van der Waals surface area contributed by atoms with Crippen molar-refractivity contribution in [1.29, 1.82) is 0 Å². The van der Waals surface area contributed by atoms with Crippen molar-refractivity contribution in [1.82, 2.24) is 0 Å². The highest BCUT2D eigenvalue weighted by atomic mass is 32.2. The quantitative estimate of drug-likeness (QED) is 0.480. The largest absolute Gasteiger partial charge is 0.303 e. The van der Waals surface area contributed by atoms with Gasteiger partial charge in [0.15, 0.2) is 0 Å². The molecule has 64 valence electrons. The number of hydrogen-bond acceptors (Lipinski definition) is 3. The maximum absolute atomic E-state index is 10.8. The standard InChI is InChI=1S/C8H14O2S/c1-8(2,3)11-6-7(10)4-5-9/h5H,4,6H2,1-3H3. The Morgan fingerprint density at radius 2 is 2.00 bits per heavy atom. The second-order valence-electron chi connectivity index (χ2n) is 3.31. The molecule has 0 aromatic carbocycles. The summed E-state index contributed by atoms with van der Waals surface area (Å²) in [6, 6.07) is 0. The molecule has 0 fully saturated rings. The molecule has 0 amide bonds. The predicted molar refractivity (Wildman–Crippen MR) is 47.9 cm³/mol. The van der Waals surface area contributed by atoms with E-state index in [9.17, 15) is 9.59 Å². The average molecular weight is 174 g/mol. The minimum Gasteiger partial charge on any atom is -0.303 e. The minimum absolute atomic E-state index is 0.0138. The van der Waals surface area contributed by atoms with E-state index in [2.05, 4.69) is 0 Å². The van der Waals surface area contributed by atoms with E-state index in [-0.39, 0.29) is 17.0 Å².